The van der Waals surface area contributed by atoms with Gasteiger partial charge in [-0.2, -0.15) is 0 Å². The van der Waals surface area contributed by atoms with Gasteiger partial charge in [0.15, 0.2) is 5.13 Å². The van der Waals surface area contributed by atoms with Crippen molar-refractivity contribution in [3.05, 3.63) is 56.5 Å². The molecule has 28 heavy (non-hydrogen) atoms. The summed E-state index contributed by atoms with van der Waals surface area (Å²) in [5.74, 6) is -0.200. The number of aromatic nitrogens is 1. The van der Waals surface area contributed by atoms with Crippen LogP contribution in [0.25, 0.3) is 10.2 Å². The maximum absolute atomic E-state index is 13.2. The van der Waals surface area contributed by atoms with Crippen molar-refractivity contribution in [3.8, 4) is 0 Å². The van der Waals surface area contributed by atoms with E-state index in [0.29, 0.717) is 38.9 Å². The minimum absolute atomic E-state index is 0. The fourth-order valence-electron chi connectivity index (χ4n) is 2.62. The number of thiazole rings is 1. The molecule has 1 heterocycles. The Kier molecular flexibility index (Phi) is 7.97. The van der Waals surface area contributed by atoms with Crippen molar-refractivity contribution in [2.75, 3.05) is 32.1 Å². The van der Waals surface area contributed by atoms with Gasteiger partial charge in [-0.1, -0.05) is 52.2 Å². The second kappa shape index (κ2) is 9.61. The first kappa shape index (κ1) is 23.2. The Bertz CT molecular complexity index is 947. The third-order valence-corrected chi connectivity index (χ3v) is 6.02. The van der Waals surface area contributed by atoms with Gasteiger partial charge in [0.1, 0.15) is 0 Å². The molecule has 3 rings (SSSR count). The summed E-state index contributed by atoms with van der Waals surface area (Å²) in [5.41, 5.74) is 2.25. The first-order valence-corrected chi connectivity index (χ1v) is 10.2. The summed E-state index contributed by atoms with van der Waals surface area (Å²) >= 11 is 19.9. The highest BCUT2D eigenvalue weighted by molar-refractivity contribution is 7.23. The fourth-order valence-corrected chi connectivity index (χ4v) is 4.49. The Morgan fingerprint density at radius 1 is 1.07 bits per heavy atom. The Morgan fingerprint density at radius 3 is 2.29 bits per heavy atom. The predicted molar refractivity (Wildman–Crippen MR) is 123 cm³/mol. The maximum atomic E-state index is 13.2. The quantitative estimate of drug-likeness (QED) is 0.438. The van der Waals surface area contributed by atoms with Gasteiger partial charge in [0.05, 0.1) is 15.2 Å². The number of hydrogen-bond acceptors (Lipinski definition) is 4. The van der Waals surface area contributed by atoms with Crippen molar-refractivity contribution in [1.82, 2.24) is 9.88 Å². The molecule has 0 unspecified atom stereocenters. The summed E-state index contributed by atoms with van der Waals surface area (Å²) in [6, 6.07) is 8.61. The fraction of sp³-hybridized carbons (Fsp3) is 0.263. The zero-order chi connectivity index (χ0) is 19.7. The lowest BCUT2D eigenvalue weighted by Crippen LogP contribution is -2.36. The molecular formula is C19H19Cl4N3OS. The van der Waals surface area contributed by atoms with Gasteiger partial charge >= 0.3 is 0 Å². The van der Waals surface area contributed by atoms with Gasteiger partial charge < -0.3 is 4.90 Å². The van der Waals surface area contributed by atoms with Gasteiger partial charge in [0, 0.05) is 28.7 Å². The maximum Gasteiger partial charge on any atom is 0.260 e. The zero-order valence-corrected chi connectivity index (χ0v) is 19.4. The molecule has 0 aliphatic heterocycles. The Labute approximate surface area is 189 Å². The van der Waals surface area contributed by atoms with E-state index in [-0.39, 0.29) is 18.3 Å². The summed E-state index contributed by atoms with van der Waals surface area (Å²) in [5, 5.41) is 2.07. The number of halogens is 4. The molecule has 0 bridgehead atoms. The van der Waals surface area contributed by atoms with E-state index in [1.807, 2.05) is 38.1 Å². The lowest BCUT2D eigenvalue weighted by atomic mass is 10.2. The van der Waals surface area contributed by atoms with Crippen molar-refractivity contribution in [3.63, 3.8) is 0 Å². The van der Waals surface area contributed by atoms with Crippen LogP contribution in [0.5, 0.6) is 0 Å². The van der Waals surface area contributed by atoms with Crippen LogP contribution in [0.15, 0.2) is 30.3 Å². The molecule has 0 saturated carbocycles. The van der Waals surface area contributed by atoms with Crippen LogP contribution in [0.2, 0.25) is 15.1 Å². The molecule has 3 aromatic rings. The molecule has 2 aromatic carbocycles. The van der Waals surface area contributed by atoms with Crippen LogP contribution in [0.3, 0.4) is 0 Å². The summed E-state index contributed by atoms with van der Waals surface area (Å²) in [4.78, 5) is 21.6. The van der Waals surface area contributed by atoms with Crippen molar-refractivity contribution in [1.29, 1.82) is 0 Å². The number of carbonyl (C=O) groups is 1. The number of rotatable bonds is 5. The topological polar surface area (TPSA) is 36.4 Å². The van der Waals surface area contributed by atoms with Gasteiger partial charge in [0.2, 0.25) is 0 Å². The number of carbonyl (C=O) groups excluding carboxylic acids is 1. The van der Waals surface area contributed by atoms with Crippen LogP contribution in [-0.2, 0) is 0 Å². The van der Waals surface area contributed by atoms with Crippen LogP contribution >= 0.6 is 58.5 Å². The molecule has 1 aromatic heterocycles. The van der Waals surface area contributed by atoms with Crippen molar-refractivity contribution < 1.29 is 4.79 Å². The number of nitrogens with zero attached hydrogens (tertiary/aromatic N) is 3. The standard InChI is InChI=1S/C19H18Cl3N3OS.ClH/c1-11-4-5-15(22)17-16(11)23-19(27-17)25(7-6-24(2)3)18(26)12-8-13(20)10-14(21)9-12;/h4-5,8-10H,6-7H2,1-3H3;1H. The molecule has 0 radical (unpaired) electrons. The van der Waals surface area contributed by atoms with E-state index in [1.54, 1.807) is 23.1 Å². The molecule has 0 aliphatic carbocycles. The molecule has 4 nitrogen and oxygen atoms in total. The van der Waals surface area contributed by atoms with Crippen molar-refractivity contribution in [2.45, 2.75) is 6.92 Å². The first-order chi connectivity index (χ1) is 12.8. The normalized spacial score (nSPS) is 11.0. The van der Waals surface area contributed by atoms with Gasteiger partial charge in [-0.3, -0.25) is 9.69 Å². The number of hydrogen-bond donors (Lipinski definition) is 0. The van der Waals surface area contributed by atoms with Gasteiger partial charge in [-0.25, -0.2) is 4.98 Å². The zero-order valence-electron chi connectivity index (χ0n) is 15.5. The first-order valence-electron chi connectivity index (χ1n) is 8.24. The number of likely N-dealkylation sites (N-methyl/N-ethyl adjacent to an activating group) is 1. The largest absolute Gasteiger partial charge is 0.308 e. The molecule has 1 amide bonds. The molecular weight excluding hydrogens is 460 g/mol. The van der Waals surface area contributed by atoms with Crippen LogP contribution in [0, 0.1) is 6.92 Å². The van der Waals surface area contributed by atoms with E-state index < -0.39 is 0 Å². The van der Waals surface area contributed by atoms with Crippen molar-refractivity contribution >= 4 is 79.8 Å². The molecule has 0 atom stereocenters. The highest BCUT2D eigenvalue weighted by atomic mass is 35.5. The minimum atomic E-state index is -0.200. The average Bonchev–Trinajstić information content (AvgIpc) is 3.03. The van der Waals surface area contributed by atoms with E-state index in [2.05, 4.69) is 0 Å². The molecule has 150 valence electrons. The predicted octanol–water partition coefficient (Wildman–Crippen LogP) is 6.20. The second-order valence-electron chi connectivity index (χ2n) is 6.46. The second-order valence-corrected chi connectivity index (χ2v) is 8.71. The molecule has 0 spiro atoms. The SMILES string of the molecule is Cc1ccc(Cl)c2sc(N(CCN(C)C)C(=O)c3cc(Cl)cc(Cl)c3)nc12.Cl. The lowest BCUT2D eigenvalue weighted by molar-refractivity contribution is 0.0985. The summed E-state index contributed by atoms with van der Waals surface area (Å²) in [6.45, 7) is 3.14. The average molecular weight is 479 g/mol. The van der Waals surface area contributed by atoms with Gasteiger partial charge in [0.25, 0.3) is 5.91 Å². The summed E-state index contributed by atoms with van der Waals surface area (Å²) in [6.07, 6.45) is 0. The number of anilines is 1. The van der Waals surface area contributed by atoms with Crippen molar-refractivity contribution in [2.24, 2.45) is 0 Å². The van der Waals surface area contributed by atoms with Gasteiger partial charge in [-0.05, 0) is 50.8 Å². The summed E-state index contributed by atoms with van der Waals surface area (Å²) in [7, 11) is 3.91. The Balaban J connectivity index is 0.00000280. The number of benzene rings is 2. The van der Waals surface area contributed by atoms with Crippen LogP contribution < -0.4 is 4.90 Å². The monoisotopic (exact) mass is 477 g/mol. The summed E-state index contributed by atoms with van der Waals surface area (Å²) < 4.78 is 0.874. The molecule has 0 aliphatic rings. The minimum Gasteiger partial charge on any atom is -0.308 e. The molecule has 0 N–H and O–H groups in total. The molecule has 0 fully saturated rings. The Morgan fingerprint density at radius 2 is 1.71 bits per heavy atom. The van der Waals surface area contributed by atoms with Gasteiger partial charge in [-0.15, -0.1) is 12.4 Å². The Hall–Kier alpha value is -1.08. The lowest BCUT2D eigenvalue weighted by Gasteiger charge is -2.22. The van der Waals surface area contributed by atoms with E-state index in [1.165, 1.54) is 11.3 Å². The van der Waals surface area contributed by atoms with E-state index in [4.69, 9.17) is 39.8 Å². The number of aryl methyl sites for hydroxylation is 1. The smallest absolute Gasteiger partial charge is 0.260 e. The van der Waals surface area contributed by atoms with E-state index in [0.717, 1.165) is 15.8 Å². The van der Waals surface area contributed by atoms with E-state index >= 15 is 0 Å². The van der Waals surface area contributed by atoms with Crippen LogP contribution in [0.4, 0.5) is 5.13 Å². The molecule has 9 heteroatoms. The number of amides is 1. The van der Waals surface area contributed by atoms with Crippen LogP contribution in [0.1, 0.15) is 15.9 Å². The third-order valence-electron chi connectivity index (χ3n) is 4.04. The highest BCUT2D eigenvalue weighted by Gasteiger charge is 2.23. The van der Waals surface area contributed by atoms with Crippen LogP contribution in [-0.4, -0.2) is 43.0 Å². The third kappa shape index (κ3) is 5.09. The highest BCUT2D eigenvalue weighted by Crippen LogP contribution is 2.36. The molecule has 0 saturated heterocycles. The van der Waals surface area contributed by atoms with E-state index in [9.17, 15) is 4.79 Å². The number of fused-ring (bicyclic) bond motifs is 1.